The number of hydrogen-bond donors (Lipinski definition) is 0. The first-order valence-corrected chi connectivity index (χ1v) is 12.6. The van der Waals surface area contributed by atoms with Gasteiger partial charge in [0.05, 0.1) is 10.0 Å². The summed E-state index contributed by atoms with van der Waals surface area (Å²) in [5, 5.41) is 1.10. The molecule has 170 valence electrons. The molecule has 1 aromatic heterocycles. The van der Waals surface area contributed by atoms with Gasteiger partial charge in [-0.3, -0.25) is 9.78 Å². The smallest absolute Gasteiger partial charge is 0.226 e. The zero-order valence-electron chi connectivity index (χ0n) is 18.6. The Balaban J connectivity index is 1.42. The molecule has 0 unspecified atom stereocenters. The third-order valence-electron chi connectivity index (χ3n) is 7.04. The predicted molar refractivity (Wildman–Crippen MR) is 134 cm³/mol. The van der Waals surface area contributed by atoms with Crippen LogP contribution in [0, 0.1) is 5.92 Å². The van der Waals surface area contributed by atoms with Crippen LogP contribution in [0.5, 0.6) is 0 Å². The lowest BCUT2D eigenvalue weighted by atomic mass is 9.74. The molecule has 2 fully saturated rings. The molecule has 0 radical (unpaired) electrons. The van der Waals surface area contributed by atoms with Crippen molar-refractivity contribution in [3.05, 3.63) is 88.2 Å². The molecule has 2 aliphatic carbocycles. The fraction of sp³-hybridized carbons (Fsp3) is 0.357. The zero-order valence-corrected chi connectivity index (χ0v) is 20.1. The maximum atomic E-state index is 14.0. The third kappa shape index (κ3) is 4.95. The van der Waals surface area contributed by atoms with Crippen molar-refractivity contribution in [1.29, 1.82) is 0 Å². The Morgan fingerprint density at radius 1 is 0.939 bits per heavy atom. The van der Waals surface area contributed by atoms with Gasteiger partial charge in [-0.2, -0.15) is 0 Å². The second-order valence-electron chi connectivity index (χ2n) is 9.27. The molecule has 0 aliphatic heterocycles. The van der Waals surface area contributed by atoms with Crippen LogP contribution in [-0.2, 0) is 11.3 Å². The van der Waals surface area contributed by atoms with Gasteiger partial charge in [0.1, 0.15) is 0 Å². The summed E-state index contributed by atoms with van der Waals surface area (Å²) in [6.45, 7) is 0.530. The molecule has 33 heavy (non-hydrogen) atoms. The van der Waals surface area contributed by atoms with Crippen LogP contribution in [-0.4, -0.2) is 21.8 Å². The Morgan fingerprint density at radius 3 is 2.52 bits per heavy atom. The highest BCUT2D eigenvalue weighted by Gasteiger charge is 2.40. The SMILES string of the molecule is O=C([C@H]1CCCC[C@@H]1c1cccc(-c2cccnc2)c1)N(Cc1cccc(Cl)c1Cl)C1CC1. The second-order valence-corrected chi connectivity index (χ2v) is 10.1. The van der Waals surface area contributed by atoms with Gasteiger partial charge in [-0.15, -0.1) is 0 Å². The highest BCUT2D eigenvalue weighted by Crippen LogP contribution is 2.42. The van der Waals surface area contributed by atoms with E-state index in [1.165, 1.54) is 5.56 Å². The zero-order chi connectivity index (χ0) is 22.8. The summed E-state index contributed by atoms with van der Waals surface area (Å²) in [4.78, 5) is 20.3. The summed E-state index contributed by atoms with van der Waals surface area (Å²) in [5.41, 5.74) is 4.44. The Kier molecular flexibility index (Phi) is 6.71. The van der Waals surface area contributed by atoms with Crippen LogP contribution in [0.1, 0.15) is 55.6 Å². The fourth-order valence-electron chi connectivity index (χ4n) is 5.15. The number of benzene rings is 2. The van der Waals surface area contributed by atoms with Crippen LogP contribution in [0.15, 0.2) is 67.0 Å². The molecular formula is C28H28Cl2N2O. The first-order chi connectivity index (χ1) is 16.1. The van der Waals surface area contributed by atoms with Crippen LogP contribution < -0.4 is 0 Å². The first kappa shape index (κ1) is 22.4. The summed E-state index contributed by atoms with van der Waals surface area (Å²) in [7, 11) is 0. The minimum atomic E-state index is 0.00135. The number of amides is 1. The maximum Gasteiger partial charge on any atom is 0.226 e. The number of carbonyl (C=O) groups is 1. The summed E-state index contributed by atoms with van der Waals surface area (Å²) in [6, 6.07) is 18.7. The lowest BCUT2D eigenvalue weighted by Crippen LogP contribution is -2.40. The monoisotopic (exact) mass is 478 g/mol. The van der Waals surface area contributed by atoms with Crippen LogP contribution in [0.2, 0.25) is 10.0 Å². The van der Waals surface area contributed by atoms with Crippen molar-refractivity contribution in [1.82, 2.24) is 9.88 Å². The van der Waals surface area contributed by atoms with Crippen molar-refractivity contribution in [2.75, 3.05) is 0 Å². The molecular weight excluding hydrogens is 451 g/mol. The normalized spacial score (nSPS) is 20.4. The Bertz CT molecular complexity index is 1130. The average molecular weight is 479 g/mol. The lowest BCUT2D eigenvalue weighted by molar-refractivity contribution is -0.138. The molecule has 2 atom stereocenters. The number of aromatic nitrogens is 1. The van der Waals surface area contributed by atoms with Crippen molar-refractivity contribution in [2.24, 2.45) is 5.92 Å². The van der Waals surface area contributed by atoms with Crippen LogP contribution >= 0.6 is 23.2 Å². The molecule has 0 N–H and O–H groups in total. The van der Waals surface area contributed by atoms with Gasteiger partial charge in [0, 0.05) is 30.9 Å². The highest BCUT2D eigenvalue weighted by molar-refractivity contribution is 6.42. The van der Waals surface area contributed by atoms with Crippen molar-refractivity contribution in [3.63, 3.8) is 0 Å². The quantitative estimate of drug-likeness (QED) is 0.366. The highest BCUT2D eigenvalue weighted by atomic mass is 35.5. The third-order valence-corrected chi connectivity index (χ3v) is 7.89. The van der Waals surface area contributed by atoms with E-state index in [-0.39, 0.29) is 17.7 Å². The van der Waals surface area contributed by atoms with E-state index in [1.807, 2.05) is 24.4 Å². The van der Waals surface area contributed by atoms with E-state index < -0.39 is 0 Å². The molecule has 3 aromatic rings. The standard InChI is InChI=1S/C28H28Cl2N2O/c29-26-12-4-8-22(27(26)30)18-32(23-13-14-23)28(33)25-11-2-1-10-24(25)20-7-3-6-19(16-20)21-9-5-15-31-17-21/h3-9,12,15-17,23-25H,1-2,10-11,13-14,18H2/t24-,25+/m1/s1. The molecule has 2 aliphatic rings. The van der Waals surface area contributed by atoms with Crippen LogP contribution in [0.3, 0.4) is 0 Å². The largest absolute Gasteiger partial charge is 0.335 e. The van der Waals surface area contributed by atoms with Gasteiger partial charge in [-0.25, -0.2) is 0 Å². The van der Waals surface area contributed by atoms with E-state index in [0.717, 1.165) is 55.2 Å². The molecule has 2 aromatic carbocycles. The molecule has 0 saturated heterocycles. The van der Waals surface area contributed by atoms with Crippen molar-refractivity contribution >= 4 is 29.1 Å². The van der Waals surface area contributed by atoms with Crippen molar-refractivity contribution < 1.29 is 4.79 Å². The van der Waals surface area contributed by atoms with Crippen molar-refractivity contribution in [3.8, 4) is 11.1 Å². The van der Waals surface area contributed by atoms with E-state index in [9.17, 15) is 4.79 Å². The van der Waals surface area contributed by atoms with Crippen molar-refractivity contribution in [2.45, 2.75) is 57.0 Å². The van der Waals surface area contributed by atoms with E-state index in [2.05, 4.69) is 40.2 Å². The van der Waals surface area contributed by atoms with E-state index in [4.69, 9.17) is 23.2 Å². The molecule has 3 nitrogen and oxygen atoms in total. The Labute approximate surface area is 205 Å². The first-order valence-electron chi connectivity index (χ1n) is 11.9. The lowest BCUT2D eigenvalue weighted by Gasteiger charge is -2.35. The van der Waals surface area contributed by atoms with E-state index in [1.54, 1.807) is 12.3 Å². The van der Waals surface area contributed by atoms with Gasteiger partial charge in [-0.1, -0.05) is 78.5 Å². The molecule has 5 heteroatoms. The van der Waals surface area contributed by atoms with Gasteiger partial charge in [0.25, 0.3) is 0 Å². The molecule has 0 spiro atoms. The molecule has 0 bridgehead atoms. The van der Waals surface area contributed by atoms with Gasteiger partial charge >= 0.3 is 0 Å². The fourth-order valence-corrected chi connectivity index (χ4v) is 5.53. The molecule has 1 amide bonds. The number of nitrogens with zero attached hydrogens (tertiary/aromatic N) is 2. The number of halogens is 2. The van der Waals surface area contributed by atoms with Gasteiger partial charge < -0.3 is 4.90 Å². The van der Waals surface area contributed by atoms with Gasteiger partial charge in [-0.05, 0) is 66.0 Å². The Morgan fingerprint density at radius 2 is 1.73 bits per heavy atom. The van der Waals surface area contributed by atoms with Gasteiger partial charge in [0.2, 0.25) is 5.91 Å². The molecule has 5 rings (SSSR count). The average Bonchev–Trinajstić information content (AvgIpc) is 3.70. The minimum Gasteiger partial charge on any atom is -0.335 e. The molecule has 2 saturated carbocycles. The van der Waals surface area contributed by atoms with Crippen LogP contribution in [0.4, 0.5) is 0 Å². The van der Waals surface area contributed by atoms with Gasteiger partial charge in [0.15, 0.2) is 0 Å². The summed E-state index contributed by atoms with van der Waals surface area (Å²) in [5.74, 6) is 0.505. The number of hydrogen-bond acceptors (Lipinski definition) is 2. The maximum absolute atomic E-state index is 14.0. The summed E-state index contributed by atoms with van der Waals surface area (Å²) in [6.07, 6.45) is 10.1. The minimum absolute atomic E-state index is 0.00135. The molecule has 1 heterocycles. The van der Waals surface area contributed by atoms with Crippen LogP contribution in [0.25, 0.3) is 11.1 Å². The predicted octanol–water partition coefficient (Wildman–Crippen LogP) is 7.52. The summed E-state index contributed by atoms with van der Waals surface area (Å²) < 4.78 is 0. The Hall–Kier alpha value is -2.36. The number of rotatable bonds is 6. The number of pyridine rings is 1. The van der Waals surface area contributed by atoms with E-state index in [0.29, 0.717) is 22.6 Å². The summed E-state index contributed by atoms with van der Waals surface area (Å²) >= 11 is 12.7. The van der Waals surface area contributed by atoms with E-state index >= 15 is 0 Å². The second kappa shape index (κ2) is 9.87. The topological polar surface area (TPSA) is 33.2 Å². The number of carbonyl (C=O) groups excluding carboxylic acids is 1.